The van der Waals surface area contributed by atoms with Gasteiger partial charge in [0.25, 0.3) is 0 Å². The zero-order valence-electron chi connectivity index (χ0n) is 16.8. The summed E-state index contributed by atoms with van der Waals surface area (Å²) in [4.78, 5) is 20.2. The van der Waals surface area contributed by atoms with E-state index >= 15 is 0 Å². The summed E-state index contributed by atoms with van der Waals surface area (Å²) in [6.07, 6.45) is 3.33. The molecule has 2 N–H and O–H groups in total. The van der Waals surface area contributed by atoms with Gasteiger partial charge in [-0.1, -0.05) is 61.8 Å². The van der Waals surface area contributed by atoms with Crippen LogP contribution in [0.2, 0.25) is 5.02 Å². The molecular weight excluding hydrogens is 394 g/mol. The van der Waals surface area contributed by atoms with Gasteiger partial charge in [-0.05, 0) is 53.5 Å². The highest BCUT2D eigenvalue weighted by molar-refractivity contribution is 6.33. The summed E-state index contributed by atoms with van der Waals surface area (Å²) in [5, 5.41) is 3.45. The van der Waals surface area contributed by atoms with Crippen molar-refractivity contribution in [3.8, 4) is 11.4 Å². The van der Waals surface area contributed by atoms with Crippen molar-refractivity contribution in [2.45, 2.75) is 19.8 Å². The number of benzene rings is 3. The monoisotopic (exact) mass is 415 g/mol. The van der Waals surface area contributed by atoms with Crippen molar-refractivity contribution in [1.82, 2.24) is 9.97 Å². The lowest BCUT2D eigenvalue weighted by Crippen LogP contribution is -2.07. The minimum absolute atomic E-state index is 0.208. The predicted molar refractivity (Wildman–Crippen MR) is 125 cm³/mol. The maximum Gasteiger partial charge on any atom is 0.248 e. The highest BCUT2D eigenvalue weighted by Crippen LogP contribution is 2.30. The van der Waals surface area contributed by atoms with Gasteiger partial charge in [-0.15, -0.1) is 0 Å². The topological polar surface area (TPSA) is 57.8 Å². The lowest BCUT2D eigenvalue weighted by Gasteiger charge is -2.07. The highest BCUT2D eigenvalue weighted by Gasteiger charge is 2.10. The number of para-hydroxylation sites is 2. The number of aromatic nitrogens is 2. The predicted octanol–water partition coefficient (Wildman–Crippen LogP) is 6.66. The van der Waals surface area contributed by atoms with Crippen molar-refractivity contribution in [3.63, 3.8) is 0 Å². The van der Waals surface area contributed by atoms with E-state index in [1.807, 2.05) is 42.5 Å². The molecule has 4 rings (SSSR count). The van der Waals surface area contributed by atoms with Crippen LogP contribution in [0.1, 0.15) is 30.9 Å². The van der Waals surface area contributed by atoms with Crippen LogP contribution in [-0.2, 0) is 4.79 Å². The fourth-order valence-corrected chi connectivity index (χ4v) is 3.42. The van der Waals surface area contributed by atoms with E-state index in [4.69, 9.17) is 11.6 Å². The zero-order chi connectivity index (χ0) is 21.1. The third kappa shape index (κ3) is 4.44. The third-order valence-electron chi connectivity index (χ3n) is 4.91. The largest absolute Gasteiger partial charge is 0.338 e. The summed E-state index contributed by atoms with van der Waals surface area (Å²) in [6, 6.07) is 21.3. The summed E-state index contributed by atoms with van der Waals surface area (Å²) in [5.74, 6) is 0.941. The van der Waals surface area contributed by atoms with Crippen molar-refractivity contribution < 1.29 is 4.79 Å². The number of anilines is 1. The second-order valence-electron chi connectivity index (χ2n) is 7.44. The van der Waals surface area contributed by atoms with Gasteiger partial charge in [-0.3, -0.25) is 4.79 Å². The quantitative estimate of drug-likeness (QED) is 0.358. The van der Waals surface area contributed by atoms with Gasteiger partial charge in [-0.2, -0.15) is 0 Å². The van der Waals surface area contributed by atoms with E-state index in [0.29, 0.717) is 22.5 Å². The van der Waals surface area contributed by atoms with Crippen molar-refractivity contribution in [3.05, 3.63) is 89.0 Å². The van der Waals surface area contributed by atoms with Gasteiger partial charge < -0.3 is 10.3 Å². The number of H-pyrrole nitrogens is 1. The van der Waals surface area contributed by atoms with E-state index in [0.717, 1.165) is 22.2 Å². The van der Waals surface area contributed by atoms with Crippen LogP contribution in [0, 0.1) is 0 Å². The Labute approximate surface area is 180 Å². The SMILES string of the molecule is CC(C)c1ccc(/C=C/C(=O)Nc2ccc(Cl)c(-c3nc4ccccc4[nH]3)c2)cc1. The van der Waals surface area contributed by atoms with E-state index in [-0.39, 0.29) is 5.91 Å². The number of rotatable bonds is 5. The number of carbonyl (C=O) groups excluding carboxylic acids is 1. The van der Waals surface area contributed by atoms with E-state index in [2.05, 4.69) is 41.3 Å². The number of nitrogens with zero attached hydrogens (tertiary/aromatic N) is 1. The van der Waals surface area contributed by atoms with Crippen LogP contribution in [0.3, 0.4) is 0 Å². The number of halogens is 1. The number of carbonyl (C=O) groups is 1. The molecule has 0 spiro atoms. The van der Waals surface area contributed by atoms with Crippen LogP contribution in [0.15, 0.2) is 72.8 Å². The molecule has 0 saturated carbocycles. The number of amides is 1. The zero-order valence-corrected chi connectivity index (χ0v) is 17.6. The molecule has 0 unspecified atom stereocenters. The van der Waals surface area contributed by atoms with Gasteiger partial charge in [-0.25, -0.2) is 4.98 Å². The molecule has 1 heterocycles. The highest BCUT2D eigenvalue weighted by atomic mass is 35.5. The molecular formula is C25H22ClN3O. The smallest absolute Gasteiger partial charge is 0.248 e. The van der Waals surface area contributed by atoms with Crippen molar-refractivity contribution >= 4 is 40.3 Å². The van der Waals surface area contributed by atoms with E-state index in [1.54, 1.807) is 18.2 Å². The number of hydrogen-bond donors (Lipinski definition) is 2. The first-order valence-electron chi connectivity index (χ1n) is 9.83. The maximum atomic E-state index is 12.4. The van der Waals surface area contributed by atoms with E-state index < -0.39 is 0 Å². The summed E-state index contributed by atoms with van der Waals surface area (Å²) in [6.45, 7) is 4.31. The van der Waals surface area contributed by atoms with E-state index in [1.165, 1.54) is 11.6 Å². The van der Waals surface area contributed by atoms with Gasteiger partial charge >= 0.3 is 0 Å². The number of imidazole rings is 1. The van der Waals surface area contributed by atoms with Gasteiger partial charge in [0.1, 0.15) is 5.82 Å². The molecule has 1 aromatic heterocycles. The third-order valence-corrected chi connectivity index (χ3v) is 5.24. The van der Waals surface area contributed by atoms with Crippen LogP contribution in [0.25, 0.3) is 28.5 Å². The first-order chi connectivity index (χ1) is 14.5. The summed E-state index contributed by atoms with van der Waals surface area (Å²) in [7, 11) is 0. The summed E-state index contributed by atoms with van der Waals surface area (Å²) < 4.78 is 0. The normalized spacial score (nSPS) is 11.5. The molecule has 150 valence electrons. The van der Waals surface area contributed by atoms with Crippen LogP contribution in [0.5, 0.6) is 0 Å². The maximum absolute atomic E-state index is 12.4. The Hall–Kier alpha value is -3.37. The molecule has 0 fully saturated rings. The minimum atomic E-state index is -0.208. The average Bonchev–Trinajstić information content (AvgIpc) is 3.18. The van der Waals surface area contributed by atoms with Crippen molar-refractivity contribution in [2.75, 3.05) is 5.32 Å². The van der Waals surface area contributed by atoms with Gasteiger partial charge in [0.2, 0.25) is 5.91 Å². The van der Waals surface area contributed by atoms with Crippen molar-refractivity contribution in [2.24, 2.45) is 0 Å². The van der Waals surface area contributed by atoms with Gasteiger partial charge in [0.05, 0.1) is 16.1 Å². The van der Waals surface area contributed by atoms with Crippen LogP contribution < -0.4 is 5.32 Å². The second-order valence-corrected chi connectivity index (χ2v) is 7.85. The van der Waals surface area contributed by atoms with E-state index in [9.17, 15) is 4.79 Å². The molecule has 5 heteroatoms. The number of fused-ring (bicyclic) bond motifs is 1. The fraction of sp³-hybridized carbons (Fsp3) is 0.120. The molecule has 4 nitrogen and oxygen atoms in total. The van der Waals surface area contributed by atoms with Crippen LogP contribution in [0.4, 0.5) is 5.69 Å². The number of aromatic amines is 1. The molecule has 0 aliphatic rings. The Balaban J connectivity index is 1.50. The molecule has 0 aliphatic carbocycles. The fourth-order valence-electron chi connectivity index (χ4n) is 3.21. The molecule has 1 amide bonds. The Morgan fingerprint density at radius 1 is 1.07 bits per heavy atom. The molecule has 3 aromatic carbocycles. The lowest BCUT2D eigenvalue weighted by atomic mass is 10.0. The Morgan fingerprint density at radius 3 is 2.57 bits per heavy atom. The molecule has 0 radical (unpaired) electrons. The minimum Gasteiger partial charge on any atom is -0.338 e. The lowest BCUT2D eigenvalue weighted by molar-refractivity contribution is -0.111. The number of nitrogens with one attached hydrogen (secondary N) is 2. The van der Waals surface area contributed by atoms with Gasteiger partial charge in [0, 0.05) is 17.3 Å². The first-order valence-corrected chi connectivity index (χ1v) is 10.2. The van der Waals surface area contributed by atoms with Gasteiger partial charge in [0.15, 0.2) is 0 Å². The number of hydrogen-bond acceptors (Lipinski definition) is 2. The molecule has 0 aliphatic heterocycles. The average molecular weight is 416 g/mol. The summed E-state index contributed by atoms with van der Waals surface area (Å²) >= 11 is 6.38. The molecule has 0 bridgehead atoms. The molecule has 4 aromatic rings. The molecule has 0 saturated heterocycles. The standard InChI is InChI=1S/C25H22ClN3O/c1-16(2)18-10-7-17(8-11-18)9-14-24(30)27-19-12-13-21(26)20(15-19)25-28-22-5-3-4-6-23(22)29-25/h3-16H,1-2H3,(H,27,30)(H,28,29)/b14-9+. The second kappa shape index (κ2) is 8.56. The van der Waals surface area contributed by atoms with Crippen molar-refractivity contribution in [1.29, 1.82) is 0 Å². The molecule has 30 heavy (non-hydrogen) atoms. The van der Waals surface area contributed by atoms with Crippen LogP contribution >= 0.6 is 11.6 Å². The van der Waals surface area contributed by atoms with Crippen LogP contribution in [-0.4, -0.2) is 15.9 Å². The summed E-state index contributed by atoms with van der Waals surface area (Å²) in [5.41, 5.74) is 5.44. The first kappa shape index (κ1) is 19.9. The Kier molecular flexibility index (Phi) is 5.68. The Morgan fingerprint density at radius 2 is 1.83 bits per heavy atom. The Bertz CT molecular complexity index is 1190. The molecule has 0 atom stereocenters.